The van der Waals surface area contributed by atoms with Gasteiger partial charge in [0, 0.05) is 5.56 Å². The number of ether oxygens (including phenoxy) is 4. The summed E-state index contributed by atoms with van der Waals surface area (Å²) in [5.74, 6) is 1.43. The first-order valence-electron chi connectivity index (χ1n) is 10.9. The van der Waals surface area contributed by atoms with Gasteiger partial charge in [-0.25, -0.2) is 9.79 Å². The number of carbonyl (C=O) groups is 1. The van der Waals surface area contributed by atoms with Crippen molar-refractivity contribution < 1.29 is 23.7 Å². The molecule has 174 valence electrons. The van der Waals surface area contributed by atoms with Crippen molar-refractivity contribution in [3.8, 4) is 17.2 Å². The summed E-state index contributed by atoms with van der Waals surface area (Å²) in [7, 11) is 0. The number of carbonyl (C=O) groups excluding carboxylic acids is 1. The summed E-state index contributed by atoms with van der Waals surface area (Å²) < 4.78 is 22.7. The molecule has 6 nitrogen and oxygen atoms in total. The van der Waals surface area contributed by atoms with Gasteiger partial charge >= 0.3 is 5.97 Å². The molecule has 3 aromatic rings. The molecule has 0 bridgehead atoms. The van der Waals surface area contributed by atoms with Crippen LogP contribution in [-0.4, -0.2) is 31.7 Å². The van der Waals surface area contributed by atoms with Crippen LogP contribution in [0.2, 0.25) is 5.02 Å². The Morgan fingerprint density at radius 1 is 0.941 bits per heavy atom. The third-order valence-corrected chi connectivity index (χ3v) is 5.24. The van der Waals surface area contributed by atoms with Crippen LogP contribution in [0.3, 0.4) is 0 Å². The van der Waals surface area contributed by atoms with Crippen LogP contribution >= 0.6 is 11.6 Å². The fraction of sp³-hybridized carbons (Fsp3) is 0.185. The van der Waals surface area contributed by atoms with Crippen molar-refractivity contribution >= 4 is 29.5 Å². The first-order valence-corrected chi connectivity index (χ1v) is 11.3. The molecule has 0 atom stereocenters. The highest BCUT2D eigenvalue weighted by Crippen LogP contribution is 2.37. The Morgan fingerprint density at radius 2 is 1.68 bits per heavy atom. The summed E-state index contributed by atoms with van der Waals surface area (Å²) >= 11 is 6.51. The standard InChI is InChI=1S/C27H24ClNO5/c1-3-31-24-17-19(16-22-27(30)34-26(29-22)20-10-5-4-6-11-20)15-21(28)25(24)33-14-13-32-23-12-8-7-9-18(23)2/h4-12,15-17H,3,13-14H2,1-2H3/b22-16-. The average molecular weight is 478 g/mol. The van der Waals surface area contributed by atoms with Crippen LogP contribution in [0.25, 0.3) is 6.08 Å². The lowest BCUT2D eigenvalue weighted by atomic mass is 10.1. The second kappa shape index (κ2) is 10.9. The zero-order valence-electron chi connectivity index (χ0n) is 18.9. The molecule has 0 fully saturated rings. The molecule has 1 aliphatic rings. The minimum atomic E-state index is -0.526. The average Bonchev–Trinajstić information content (AvgIpc) is 3.20. The molecule has 0 amide bonds. The van der Waals surface area contributed by atoms with Crippen LogP contribution in [-0.2, 0) is 9.53 Å². The first-order chi connectivity index (χ1) is 16.5. The van der Waals surface area contributed by atoms with E-state index in [2.05, 4.69) is 4.99 Å². The number of cyclic esters (lactones) is 1. The number of hydrogen-bond acceptors (Lipinski definition) is 6. The lowest BCUT2D eigenvalue weighted by molar-refractivity contribution is -0.129. The molecule has 0 unspecified atom stereocenters. The maximum atomic E-state index is 12.3. The minimum absolute atomic E-state index is 0.178. The van der Waals surface area contributed by atoms with Gasteiger partial charge in [-0.2, -0.15) is 0 Å². The Labute approximate surface area is 203 Å². The molecule has 3 aromatic carbocycles. The van der Waals surface area contributed by atoms with Gasteiger partial charge < -0.3 is 18.9 Å². The number of hydrogen-bond donors (Lipinski definition) is 0. The highest BCUT2D eigenvalue weighted by Gasteiger charge is 2.24. The van der Waals surface area contributed by atoms with Crippen molar-refractivity contribution in [3.63, 3.8) is 0 Å². The van der Waals surface area contributed by atoms with Crippen molar-refractivity contribution in [2.75, 3.05) is 19.8 Å². The molecule has 0 aliphatic carbocycles. The predicted octanol–water partition coefficient (Wildman–Crippen LogP) is 5.85. The summed E-state index contributed by atoms with van der Waals surface area (Å²) in [4.78, 5) is 16.7. The fourth-order valence-electron chi connectivity index (χ4n) is 3.36. The van der Waals surface area contributed by atoms with Crippen LogP contribution in [0.5, 0.6) is 17.2 Å². The van der Waals surface area contributed by atoms with Gasteiger partial charge in [0.2, 0.25) is 5.90 Å². The summed E-state index contributed by atoms with van der Waals surface area (Å²) in [5, 5.41) is 0.354. The molecule has 0 N–H and O–H groups in total. The van der Waals surface area contributed by atoms with E-state index in [1.54, 1.807) is 18.2 Å². The quantitative estimate of drug-likeness (QED) is 0.220. The smallest absolute Gasteiger partial charge is 0.363 e. The van der Waals surface area contributed by atoms with E-state index in [0.29, 0.717) is 35.3 Å². The molecule has 0 saturated carbocycles. The maximum Gasteiger partial charge on any atom is 0.363 e. The van der Waals surface area contributed by atoms with Crippen molar-refractivity contribution in [2.24, 2.45) is 4.99 Å². The Hall–Kier alpha value is -3.77. The van der Waals surface area contributed by atoms with E-state index >= 15 is 0 Å². The molecule has 0 radical (unpaired) electrons. The van der Waals surface area contributed by atoms with Gasteiger partial charge in [0.05, 0.1) is 11.6 Å². The SMILES string of the molecule is CCOc1cc(/C=C2\N=C(c3ccccc3)OC2=O)cc(Cl)c1OCCOc1ccccc1C. The van der Waals surface area contributed by atoms with Gasteiger partial charge in [0.25, 0.3) is 0 Å². The van der Waals surface area contributed by atoms with Crippen molar-refractivity contribution in [2.45, 2.75) is 13.8 Å². The van der Waals surface area contributed by atoms with E-state index in [4.69, 9.17) is 30.5 Å². The van der Waals surface area contributed by atoms with Crippen molar-refractivity contribution in [3.05, 3.63) is 94.1 Å². The summed E-state index contributed by atoms with van der Waals surface area (Å²) in [6.07, 6.45) is 1.61. The number of para-hydroxylation sites is 1. The molecule has 1 heterocycles. The highest BCUT2D eigenvalue weighted by atomic mass is 35.5. The highest BCUT2D eigenvalue weighted by molar-refractivity contribution is 6.32. The monoisotopic (exact) mass is 477 g/mol. The van der Waals surface area contributed by atoms with E-state index in [0.717, 1.165) is 16.9 Å². The second-order valence-corrected chi connectivity index (χ2v) is 7.83. The molecular weight excluding hydrogens is 454 g/mol. The number of aryl methyl sites for hydroxylation is 1. The molecule has 0 spiro atoms. The minimum Gasteiger partial charge on any atom is -0.490 e. The van der Waals surface area contributed by atoms with Crippen molar-refractivity contribution in [1.29, 1.82) is 0 Å². The van der Waals surface area contributed by atoms with Gasteiger partial charge in [0.1, 0.15) is 19.0 Å². The van der Waals surface area contributed by atoms with Crippen LogP contribution in [0.4, 0.5) is 0 Å². The zero-order chi connectivity index (χ0) is 23.9. The number of nitrogens with zero attached hydrogens (tertiary/aromatic N) is 1. The number of benzene rings is 3. The van der Waals surface area contributed by atoms with Crippen LogP contribution in [0, 0.1) is 6.92 Å². The van der Waals surface area contributed by atoms with Gasteiger partial charge in [0.15, 0.2) is 17.2 Å². The Morgan fingerprint density at radius 3 is 2.44 bits per heavy atom. The summed E-state index contributed by atoms with van der Waals surface area (Å²) in [6.45, 7) is 4.91. The fourth-order valence-corrected chi connectivity index (χ4v) is 3.63. The molecule has 34 heavy (non-hydrogen) atoms. The molecule has 0 saturated heterocycles. The van der Waals surface area contributed by atoms with E-state index in [-0.39, 0.29) is 18.2 Å². The van der Waals surface area contributed by atoms with E-state index in [9.17, 15) is 4.79 Å². The molecule has 0 aromatic heterocycles. The van der Waals surface area contributed by atoms with Gasteiger partial charge in [-0.05, 0) is 61.4 Å². The number of rotatable bonds is 9. The largest absolute Gasteiger partial charge is 0.490 e. The number of halogens is 1. The van der Waals surface area contributed by atoms with Gasteiger partial charge in [-0.3, -0.25) is 0 Å². The van der Waals surface area contributed by atoms with Crippen LogP contribution in [0.15, 0.2) is 77.4 Å². The van der Waals surface area contributed by atoms with E-state index < -0.39 is 5.97 Å². The Kier molecular flexibility index (Phi) is 7.50. The Bertz CT molecular complexity index is 1240. The third kappa shape index (κ3) is 5.58. The second-order valence-electron chi connectivity index (χ2n) is 7.43. The lowest BCUT2D eigenvalue weighted by Crippen LogP contribution is -2.10. The van der Waals surface area contributed by atoms with Gasteiger partial charge in [-0.1, -0.05) is 48.0 Å². The normalized spacial score (nSPS) is 14.0. The maximum absolute atomic E-state index is 12.3. The summed E-state index contributed by atoms with van der Waals surface area (Å²) in [5.41, 5.74) is 2.60. The van der Waals surface area contributed by atoms with E-state index in [1.165, 1.54) is 0 Å². The Balaban J connectivity index is 1.50. The molecular formula is C27H24ClNO5. The number of esters is 1. The third-order valence-electron chi connectivity index (χ3n) is 4.96. The summed E-state index contributed by atoms with van der Waals surface area (Å²) in [6, 6.07) is 20.5. The zero-order valence-corrected chi connectivity index (χ0v) is 19.7. The van der Waals surface area contributed by atoms with Gasteiger partial charge in [-0.15, -0.1) is 0 Å². The number of aliphatic imine (C=N–C) groups is 1. The lowest BCUT2D eigenvalue weighted by Gasteiger charge is -2.15. The molecule has 1 aliphatic heterocycles. The van der Waals surface area contributed by atoms with Crippen molar-refractivity contribution in [1.82, 2.24) is 0 Å². The van der Waals surface area contributed by atoms with Crippen LogP contribution in [0.1, 0.15) is 23.6 Å². The van der Waals surface area contributed by atoms with E-state index in [1.807, 2.05) is 68.4 Å². The topological polar surface area (TPSA) is 66.4 Å². The van der Waals surface area contributed by atoms with Crippen LogP contribution < -0.4 is 14.2 Å². The predicted molar refractivity (Wildman–Crippen MR) is 132 cm³/mol. The molecule has 4 rings (SSSR count). The first kappa shape index (κ1) is 23.4. The molecule has 7 heteroatoms.